The van der Waals surface area contributed by atoms with Crippen molar-refractivity contribution in [2.24, 2.45) is 0 Å². The van der Waals surface area contributed by atoms with E-state index in [0.717, 1.165) is 6.42 Å². The van der Waals surface area contributed by atoms with E-state index in [2.05, 4.69) is 31.8 Å². The van der Waals surface area contributed by atoms with Crippen LogP contribution >= 0.6 is 11.1 Å². The van der Waals surface area contributed by atoms with Crippen molar-refractivity contribution >= 4 is 18.5 Å². The lowest BCUT2D eigenvalue weighted by Crippen LogP contribution is -2.21. The van der Waals surface area contributed by atoms with Gasteiger partial charge < -0.3 is 0 Å². The standard InChI is InChI=1S/C11H15ClSi/c1-10(13(2,3)12)9-11-7-5-4-6-8-11/h4-8H,1,9H2,2-3H3. The van der Waals surface area contributed by atoms with Crippen molar-refractivity contribution in [1.29, 1.82) is 0 Å². The molecule has 0 N–H and O–H groups in total. The van der Waals surface area contributed by atoms with Gasteiger partial charge in [-0.2, -0.15) is 11.1 Å². The van der Waals surface area contributed by atoms with Crippen LogP contribution in [-0.4, -0.2) is 7.38 Å². The fourth-order valence-corrected chi connectivity index (χ4v) is 1.88. The lowest BCUT2D eigenvalue weighted by atomic mass is 10.1. The maximum absolute atomic E-state index is 6.27. The molecule has 0 radical (unpaired) electrons. The second-order valence-electron chi connectivity index (χ2n) is 3.74. The summed E-state index contributed by atoms with van der Waals surface area (Å²) in [7, 11) is -1.67. The zero-order valence-corrected chi connectivity index (χ0v) is 9.93. The van der Waals surface area contributed by atoms with Crippen LogP contribution in [0.25, 0.3) is 0 Å². The molecule has 0 saturated heterocycles. The Kier molecular flexibility index (Phi) is 3.34. The number of rotatable bonds is 3. The molecule has 70 valence electrons. The van der Waals surface area contributed by atoms with Crippen LogP contribution in [0.3, 0.4) is 0 Å². The molecule has 1 aromatic carbocycles. The van der Waals surface area contributed by atoms with Crippen molar-refractivity contribution in [3.05, 3.63) is 47.7 Å². The van der Waals surface area contributed by atoms with Gasteiger partial charge in [0, 0.05) is 0 Å². The number of halogens is 1. The molecule has 0 amide bonds. The minimum atomic E-state index is -1.67. The Balaban J connectivity index is 2.66. The van der Waals surface area contributed by atoms with Gasteiger partial charge in [0.2, 0.25) is 0 Å². The Morgan fingerprint density at radius 1 is 1.31 bits per heavy atom. The summed E-state index contributed by atoms with van der Waals surface area (Å²) in [6.45, 7) is 8.27. The molecule has 0 fully saturated rings. The first-order chi connectivity index (χ1) is 6.00. The minimum Gasteiger partial charge on any atom is -0.162 e. The molecular formula is C11H15ClSi. The maximum Gasteiger partial charge on any atom is 0.176 e. The zero-order chi connectivity index (χ0) is 9.90. The average Bonchev–Trinajstić information content (AvgIpc) is 2.04. The van der Waals surface area contributed by atoms with Gasteiger partial charge in [-0.1, -0.05) is 48.6 Å². The highest BCUT2D eigenvalue weighted by Crippen LogP contribution is 2.21. The number of benzene rings is 1. The van der Waals surface area contributed by atoms with Crippen molar-refractivity contribution < 1.29 is 0 Å². The molecule has 13 heavy (non-hydrogen) atoms. The molecule has 0 unspecified atom stereocenters. The van der Waals surface area contributed by atoms with Gasteiger partial charge in [0.25, 0.3) is 0 Å². The Hall–Kier alpha value is -0.533. The van der Waals surface area contributed by atoms with E-state index in [0.29, 0.717) is 0 Å². The van der Waals surface area contributed by atoms with E-state index < -0.39 is 7.38 Å². The molecule has 0 aliphatic carbocycles. The van der Waals surface area contributed by atoms with Gasteiger partial charge >= 0.3 is 0 Å². The third kappa shape index (κ3) is 3.37. The molecule has 0 nitrogen and oxygen atoms in total. The Morgan fingerprint density at radius 3 is 2.31 bits per heavy atom. The van der Waals surface area contributed by atoms with E-state index in [4.69, 9.17) is 11.1 Å². The van der Waals surface area contributed by atoms with Crippen LogP contribution in [0.15, 0.2) is 42.1 Å². The largest absolute Gasteiger partial charge is 0.176 e. The van der Waals surface area contributed by atoms with Crippen molar-refractivity contribution in [2.75, 3.05) is 0 Å². The SMILES string of the molecule is C=C(Cc1ccccc1)[Si](C)(C)Cl. The quantitative estimate of drug-likeness (QED) is 0.527. The molecule has 0 spiro atoms. The van der Waals surface area contributed by atoms with Gasteiger partial charge in [-0.25, -0.2) is 0 Å². The Labute approximate surface area is 86.0 Å². The van der Waals surface area contributed by atoms with Gasteiger partial charge in [-0.3, -0.25) is 0 Å². The summed E-state index contributed by atoms with van der Waals surface area (Å²) in [5, 5.41) is 1.19. The molecular weight excluding hydrogens is 196 g/mol. The number of hydrogen-bond donors (Lipinski definition) is 0. The second kappa shape index (κ2) is 4.12. The zero-order valence-electron chi connectivity index (χ0n) is 8.18. The van der Waals surface area contributed by atoms with Crippen molar-refractivity contribution in [1.82, 2.24) is 0 Å². The highest BCUT2D eigenvalue weighted by Gasteiger charge is 2.20. The monoisotopic (exact) mass is 210 g/mol. The molecule has 0 heterocycles. The van der Waals surface area contributed by atoms with Crippen LogP contribution in [0, 0.1) is 0 Å². The Bertz CT molecular complexity index is 285. The number of hydrogen-bond acceptors (Lipinski definition) is 0. The van der Waals surface area contributed by atoms with Crippen molar-refractivity contribution in [2.45, 2.75) is 19.5 Å². The van der Waals surface area contributed by atoms with Gasteiger partial charge in [-0.15, -0.1) is 6.58 Å². The highest BCUT2D eigenvalue weighted by molar-refractivity contribution is 7.22. The van der Waals surface area contributed by atoms with Gasteiger partial charge in [0.05, 0.1) is 0 Å². The van der Waals surface area contributed by atoms with Crippen LogP contribution in [0.1, 0.15) is 5.56 Å². The summed E-state index contributed by atoms with van der Waals surface area (Å²) in [5.41, 5.74) is 1.30. The first-order valence-corrected chi connectivity index (χ1v) is 8.42. The predicted molar refractivity (Wildman–Crippen MR) is 62.6 cm³/mol. The first kappa shape index (κ1) is 10.5. The van der Waals surface area contributed by atoms with E-state index in [9.17, 15) is 0 Å². The summed E-state index contributed by atoms with van der Waals surface area (Å²) in [4.78, 5) is 0. The van der Waals surface area contributed by atoms with Crippen LogP contribution in [0.5, 0.6) is 0 Å². The first-order valence-electron chi connectivity index (χ1n) is 4.41. The van der Waals surface area contributed by atoms with Crippen LogP contribution in [0.2, 0.25) is 13.1 Å². The van der Waals surface area contributed by atoms with E-state index in [1.807, 2.05) is 18.2 Å². The summed E-state index contributed by atoms with van der Waals surface area (Å²) in [5.74, 6) is 0. The maximum atomic E-state index is 6.27. The molecule has 0 aromatic heterocycles. The van der Waals surface area contributed by atoms with E-state index in [1.54, 1.807) is 0 Å². The summed E-state index contributed by atoms with van der Waals surface area (Å²) in [6, 6.07) is 10.3. The molecule has 0 aliphatic heterocycles. The van der Waals surface area contributed by atoms with E-state index in [-0.39, 0.29) is 0 Å². The molecule has 0 saturated carbocycles. The predicted octanol–water partition coefficient (Wildman–Crippen LogP) is 3.77. The molecule has 0 aliphatic rings. The van der Waals surface area contributed by atoms with Crippen LogP contribution in [-0.2, 0) is 6.42 Å². The van der Waals surface area contributed by atoms with Crippen LogP contribution in [0.4, 0.5) is 0 Å². The normalized spacial score (nSPS) is 11.3. The molecule has 0 atom stereocenters. The van der Waals surface area contributed by atoms with E-state index >= 15 is 0 Å². The Morgan fingerprint density at radius 2 is 1.85 bits per heavy atom. The summed E-state index contributed by atoms with van der Waals surface area (Å²) < 4.78 is 0. The average molecular weight is 211 g/mol. The van der Waals surface area contributed by atoms with Gasteiger partial charge in [0.15, 0.2) is 7.38 Å². The highest BCUT2D eigenvalue weighted by atomic mass is 35.6. The van der Waals surface area contributed by atoms with Crippen molar-refractivity contribution in [3.63, 3.8) is 0 Å². The van der Waals surface area contributed by atoms with Crippen molar-refractivity contribution in [3.8, 4) is 0 Å². The van der Waals surface area contributed by atoms with Crippen LogP contribution < -0.4 is 0 Å². The van der Waals surface area contributed by atoms with Gasteiger partial charge in [0.1, 0.15) is 0 Å². The fraction of sp³-hybridized carbons (Fsp3) is 0.273. The van der Waals surface area contributed by atoms with E-state index in [1.165, 1.54) is 10.8 Å². The third-order valence-corrected chi connectivity index (χ3v) is 4.76. The minimum absolute atomic E-state index is 0.920. The second-order valence-corrected chi connectivity index (χ2v) is 10.2. The lowest BCUT2D eigenvalue weighted by Gasteiger charge is -2.16. The molecule has 1 aromatic rings. The number of allylic oxidation sites excluding steroid dienone is 1. The topological polar surface area (TPSA) is 0 Å². The summed E-state index contributed by atoms with van der Waals surface area (Å²) >= 11 is 6.27. The summed E-state index contributed by atoms with van der Waals surface area (Å²) in [6.07, 6.45) is 0.920. The molecule has 1 rings (SSSR count). The fourth-order valence-electron chi connectivity index (χ4n) is 1.05. The lowest BCUT2D eigenvalue weighted by molar-refractivity contribution is 1.23. The third-order valence-electron chi connectivity index (χ3n) is 2.10. The molecule has 0 bridgehead atoms. The van der Waals surface area contributed by atoms with Gasteiger partial charge in [-0.05, 0) is 12.0 Å². The molecule has 2 heteroatoms. The smallest absolute Gasteiger partial charge is 0.162 e.